The van der Waals surface area contributed by atoms with Crippen molar-refractivity contribution in [3.63, 3.8) is 0 Å². The summed E-state index contributed by atoms with van der Waals surface area (Å²) in [5.74, 6) is 0. The first kappa shape index (κ1) is 14.5. The number of rotatable bonds is 6. The van der Waals surface area contributed by atoms with Gasteiger partial charge in [0.25, 0.3) is 0 Å². The fraction of sp³-hybridized carbons (Fsp3) is 0.353. The smallest absolute Gasteiger partial charge is 0.0487 e. The van der Waals surface area contributed by atoms with Crippen molar-refractivity contribution >= 4 is 11.4 Å². The summed E-state index contributed by atoms with van der Waals surface area (Å²) >= 11 is 0. The lowest BCUT2D eigenvalue weighted by atomic mass is 10.1. The van der Waals surface area contributed by atoms with E-state index in [1.807, 2.05) is 12.4 Å². The van der Waals surface area contributed by atoms with Gasteiger partial charge in [0.2, 0.25) is 0 Å². The highest BCUT2D eigenvalue weighted by Gasteiger charge is 2.11. The van der Waals surface area contributed by atoms with Gasteiger partial charge in [-0.1, -0.05) is 24.6 Å². The first-order valence-electron chi connectivity index (χ1n) is 7.24. The van der Waals surface area contributed by atoms with Crippen LogP contribution in [0.1, 0.15) is 25.0 Å². The summed E-state index contributed by atoms with van der Waals surface area (Å²) in [4.78, 5) is 6.58. The van der Waals surface area contributed by atoms with Crippen LogP contribution in [-0.4, -0.2) is 18.1 Å². The molecular weight excluding hydrogens is 246 g/mol. The zero-order chi connectivity index (χ0) is 14.4. The fourth-order valence-electron chi connectivity index (χ4n) is 2.30. The number of aromatic nitrogens is 1. The third-order valence-electron chi connectivity index (χ3n) is 3.40. The van der Waals surface area contributed by atoms with Gasteiger partial charge in [0.15, 0.2) is 0 Å². The lowest BCUT2D eigenvalue weighted by Gasteiger charge is -2.26. The summed E-state index contributed by atoms with van der Waals surface area (Å²) in [6.45, 7) is 9.16. The molecule has 1 heterocycles. The van der Waals surface area contributed by atoms with Crippen LogP contribution < -0.4 is 10.2 Å². The van der Waals surface area contributed by atoms with Crippen molar-refractivity contribution in [2.75, 3.05) is 18.0 Å². The predicted molar refractivity (Wildman–Crippen MR) is 85.5 cm³/mol. The Labute approximate surface area is 121 Å². The van der Waals surface area contributed by atoms with Crippen molar-refractivity contribution in [3.8, 4) is 0 Å². The van der Waals surface area contributed by atoms with Gasteiger partial charge in [0.1, 0.15) is 0 Å². The number of benzene rings is 1. The molecule has 1 aromatic carbocycles. The number of hydrogen-bond acceptors (Lipinski definition) is 3. The molecule has 0 aliphatic heterocycles. The van der Waals surface area contributed by atoms with Crippen molar-refractivity contribution in [3.05, 3.63) is 53.9 Å². The van der Waals surface area contributed by atoms with Crippen molar-refractivity contribution < 1.29 is 0 Å². The second kappa shape index (κ2) is 7.06. The van der Waals surface area contributed by atoms with E-state index in [1.165, 1.54) is 22.5 Å². The first-order valence-corrected chi connectivity index (χ1v) is 7.24. The van der Waals surface area contributed by atoms with E-state index in [-0.39, 0.29) is 0 Å². The van der Waals surface area contributed by atoms with Gasteiger partial charge in [0, 0.05) is 42.4 Å². The summed E-state index contributed by atoms with van der Waals surface area (Å²) in [6, 6.07) is 10.8. The Morgan fingerprint density at radius 1 is 1.10 bits per heavy atom. The number of aryl methyl sites for hydroxylation is 1. The molecule has 20 heavy (non-hydrogen) atoms. The van der Waals surface area contributed by atoms with Gasteiger partial charge in [-0.05, 0) is 38.6 Å². The molecule has 0 amide bonds. The van der Waals surface area contributed by atoms with Gasteiger partial charge in [-0.25, -0.2) is 0 Å². The third kappa shape index (κ3) is 3.36. The molecule has 0 bridgehead atoms. The molecule has 0 saturated carbocycles. The summed E-state index contributed by atoms with van der Waals surface area (Å²) in [5.41, 5.74) is 4.97. The Morgan fingerprint density at radius 3 is 2.50 bits per heavy atom. The molecule has 3 nitrogen and oxygen atoms in total. The minimum atomic E-state index is 0.849. The quantitative estimate of drug-likeness (QED) is 0.867. The molecule has 3 heteroatoms. The van der Waals surface area contributed by atoms with Crippen LogP contribution in [0.2, 0.25) is 0 Å². The molecule has 0 radical (unpaired) electrons. The van der Waals surface area contributed by atoms with Crippen LogP contribution >= 0.6 is 0 Å². The van der Waals surface area contributed by atoms with E-state index in [2.05, 4.69) is 66.3 Å². The number of pyridine rings is 1. The van der Waals surface area contributed by atoms with Crippen molar-refractivity contribution in [1.82, 2.24) is 10.3 Å². The molecule has 0 fully saturated rings. The van der Waals surface area contributed by atoms with E-state index < -0.39 is 0 Å². The molecule has 0 aliphatic rings. The maximum Gasteiger partial charge on any atom is 0.0487 e. The normalized spacial score (nSPS) is 10.6. The summed E-state index contributed by atoms with van der Waals surface area (Å²) in [7, 11) is 0. The molecule has 0 unspecified atom stereocenters. The van der Waals surface area contributed by atoms with Gasteiger partial charge >= 0.3 is 0 Å². The van der Waals surface area contributed by atoms with Gasteiger partial charge in [-0.3, -0.25) is 4.98 Å². The molecule has 0 aliphatic carbocycles. The van der Waals surface area contributed by atoms with E-state index >= 15 is 0 Å². The largest absolute Gasteiger partial charge is 0.341 e. The zero-order valence-corrected chi connectivity index (χ0v) is 12.6. The predicted octanol–water partition coefficient (Wildman–Crippen LogP) is 3.66. The van der Waals surface area contributed by atoms with Crippen LogP contribution in [0.5, 0.6) is 0 Å². The SMILES string of the molecule is CCNCc1cnccc1N(CC)c1ccc(C)cc1. The monoisotopic (exact) mass is 269 g/mol. The van der Waals surface area contributed by atoms with Gasteiger partial charge < -0.3 is 10.2 Å². The Bertz CT molecular complexity index is 534. The molecule has 0 spiro atoms. The Kier molecular flexibility index (Phi) is 5.13. The summed E-state index contributed by atoms with van der Waals surface area (Å²) in [6.07, 6.45) is 3.82. The van der Waals surface area contributed by atoms with Gasteiger partial charge in [0.05, 0.1) is 0 Å². The standard InChI is InChI=1S/C17H23N3/c1-4-18-12-15-13-19-11-10-17(15)20(5-2)16-8-6-14(3)7-9-16/h6-11,13,18H,4-5,12H2,1-3H3. The van der Waals surface area contributed by atoms with E-state index in [1.54, 1.807) is 0 Å². The number of nitrogens with zero attached hydrogens (tertiary/aromatic N) is 2. The lowest BCUT2D eigenvalue weighted by Crippen LogP contribution is -2.20. The summed E-state index contributed by atoms with van der Waals surface area (Å²) < 4.78 is 0. The second-order valence-electron chi connectivity index (χ2n) is 4.86. The fourth-order valence-corrected chi connectivity index (χ4v) is 2.30. The Balaban J connectivity index is 2.33. The van der Waals surface area contributed by atoms with E-state index in [0.717, 1.165) is 19.6 Å². The molecule has 0 saturated heterocycles. The topological polar surface area (TPSA) is 28.2 Å². The molecule has 2 rings (SSSR count). The maximum absolute atomic E-state index is 4.26. The minimum absolute atomic E-state index is 0.849. The van der Waals surface area contributed by atoms with Crippen LogP contribution in [-0.2, 0) is 6.54 Å². The average Bonchev–Trinajstić information content (AvgIpc) is 2.49. The minimum Gasteiger partial charge on any atom is -0.341 e. The maximum atomic E-state index is 4.26. The molecule has 106 valence electrons. The number of hydrogen-bond donors (Lipinski definition) is 1. The van der Waals surface area contributed by atoms with E-state index in [0.29, 0.717) is 0 Å². The molecule has 1 N–H and O–H groups in total. The van der Waals surface area contributed by atoms with Gasteiger partial charge in [-0.15, -0.1) is 0 Å². The molecular formula is C17H23N3. The van der Waals surface area contributed by atoms with E-state index in [9.17, 15) is 0 Å². The van der Waals surface area contributed by atoms with Crippen molar-refractivity contribution in [2.45, 2.75) is 27.3 Å². The van der Waals surface area contributed by atoms with Crippen LogP contribution in [0.4, 0.5) is 11.4 Å². The van der Waals surface area contributed by atoms with E-state index in [4.69, 9.17) is 0 Å². The summed E-state index contributed by atoms with van der Waals surface area (Å²) in [5, 5.41) is 3.38. The highest BCUT2D eigenvalue weighted by molar-refractivity contribution is 5.66. The van der Waals surface area contributed by atoms with Crippen LogP contribution in [0.15, 0.2) is 42.7 Å². The highest BCUT2D eigenvalue weighted by Crippen LogP contribution is 2.28. The lowest BCUT2D eigenvalue weighted by molar-refractivity contribution is 0.723. The number of nitrogens with one attached hydrogen (secondary N) is 1. The third-order valence-corrected chi connectivity index (χ3v) is 3.40. The van der Waals surface area contributed by atoms with Crippen molar-refractivity contribution in [2.24, 2.45) is 0 Å². The zero-order valence-electron chi connectivity index (χ0n) is 12.6. The molecule has 2 aromatic rings. The Morgan fingerprint density at radius 2 is 1.85 bits per heavy atom. The highest BCUT2D eigenvalue weighted by atomic mass is 15.1. The Hall–Kier alpha value is -1.87. The molecule has 0 atom stereocenters. The average molecular weight is 269 g/mol. The second-order valence-corrected chi connectivity index (χ2v) is 4.86. The first-order chi connectivity index (χ1) is 9.76. The van der Waals surface area contributed by atoms with Crippen LogP contribution in [0.3, 0.4) is 0 Å². The number of anilines is 2. The molecule has 1 aromatic heterocycles. The van der Waals surface area contributed by atoms with Crippen LogP contribution in [0, 0.1) is 6.92 Å². The van der Waals surface area contributed by atoms with Gasteiger partial charge in [-0.2, -0.15) is 0 Å². The van der Waals surface area contributed by atoms with Crippen molar-refractivity contribution in [1.29, 1.82) is 0 Å². The van der Waals surface area contributed by atoms with Crippen LogP contribution in [0.25, 0.3) is 0 Å².